The van der Waals surface area contributed by atoms with Gasteiger partial charge in [0.25, 0.3) is 0 Å². The molecular weight excluding hydrogens is 444 g/mol. The molecule has 0 aromatic heterocycles. The average Bonchev–Trinajstić information content (AvgIpc) is 2.88. The smallest absolute Gasteiger partial charge is 0.243 e. The van der Waals surface area contributed by atoms with Crippen LogP contribution in [0.15, 0.2) is 66.7 Å². The molecule has 0 radical (unpaired) electrons. The minimum absolute atomic E-state index is 0.0886. The average molecular weight is 481 g/mol. The number of benzene rings is 3. The second-order valence-corrected chi connectivity index (χ2v) is 7.42. The summed E-state index contributed by atoms with van der Waals surface area (Å²) in [5.41, 5.74) is 5.17. The highest BCUT2D eigenvalue weighted by Gasteiger charge is 2.14. The molecule has 7 heteroatoms. The molecule has 0 unspecified atom stereocenters. The molecule has 0 saturated heterocycles. The molecule has 1 amide bonds. The molecule has 0 aliphatic carbocycles. The lowest BCUT2D eigenvalue weighted by Gasteiger charge is -2.22. The third-order valence-electron chi connectivity index (χ3n) is 4.77. The molecular formula is C28H36N2O5. The van der Waals surface area contributed by atoms with Crippen LogP contribution < -0.4 is 19.7 Å². The number of methoxy groups -OCH3 is 2. The van der Waals surface area contributed by atoms with E-state index in [-0.39, 0.29) is 12.5 Å². The van der Waals surface area contributed by atoms with Crippen molar-refractivity contribution >= 4 is 30.9 Å². The standard InChI is InChI=1S/C19H24N2O3.C7H8.2CH2O/c1-13-6-8-16(14(2)10-13)20-19(22)12-21(3)17-11-15(23-4)7-9-18(17)24-5;1-7-5-3-2-4-6-7;2*1-2/h6-11H,12H2,1-5H3,(H,20,22);2-6H,1H3;2*1H2. The van der Waals surface area contributed by atoms with Crippen LogP contribution in [-0.4, -0.2) is 47.3 Å². The second kappa shape index (κ2) is 17.4. The van der Waals surface area contributed by atoms with Crippen LogP contribution in [0.25, 0.3) is 0 Å². The Balaban J connectivity index is 0.000000878. The fourth-order valence-electron chi connectivity index (χ4n) is 3.07. The molecule has 0 heterocycles. The minimum atomic E-state index is -0.0886. The van der Waals surface area contributed by atoms with Crippen LogP contribution in [0.5, 0.6) is 11.5 Å². The Morgan fingerprint density at radius 2 is 1.46 bits per heavy atom. The summed E-state index contributed by atoms with van der Waals surface area (Å²) in [6, 6.07) is 21.7. The quantitative estimate of drug-likeness (QED) is 0.533. The van der Waals surface area contributed by atoms with Gasteiger partial charge in [0.05, 0.1) is 26.5 Å². The van der Waals surface area contributed by atoms with Gasteiger partial charge < -0.3 is 29.3 Å². The van der Waals surface area contributed by atoms with Gasteiger partial charge in [-0.15, -0.1) is 0 Å². The molecule has 0 spiro atoms. The number of carbonyl (C=O) groups excluding carboxylic acids is 3. The van der Waals surface area contributed by atoms with Crippen LogP contribution >= 0.6 is 0 Å². The number of ether oxygens (including phenoxy) is 2. The number of hydrogen-bond acceptors (Lipinski definition) is 6. The number of amides is 1. The molecule has 0 atom stereocenters. The molecule has 1 N–H and O–H groups in total. The van der Waals surface area contributed by atoms with Crippen LogP contribution in [0.2, 0.25) is 0 Å². The summed E-state index contributed by atoms with van der Waals surface area (Å²) in [6.45, 7) is 10.3. The largest absolute Gasteiger partial charge is 0.497 e. The number of carbonyl (C=O) groups is 3. The Kier molecular flexibility index (Phi) is 15.3. The molecule has 35 heavy (non-hydrogen) atoms. The maximum atomic E-state index is 12.4. The van der Waals surface area contributed by atoms with Crippen molar-refractivity contribution in [3.63, 3.8) is 0 Å². The van der Waals surface area contributed by atoms with Crippen molar-refractivity contribution in [2.24, 2.45) is 0 Å². The zero-order valence-corrected chi connectivity index (χ0v) is 21.5. The van der Waals surface area contributed by atoms with Crippen LogP contribution in [0.4, 0.5) is 11.4 Å². The van der Waals surface area contributed by atoms with E-state index in [1.807, 2.05) is 94.0 Å². The predicted octanol–water partition coefficient (Wildman–Crippen LogP) is 5.02. The fraction of sp³-hybridized carbons (Fsp3) is 0.250. The lowest BCUT2D eigenvalue weighted by Crippen LogP contribution is -2.30. The van der Waals surface area contributed by atoms with Gasteiger partial charge in [0, 0.05) is 18.8 Å². The van der Waals surface area contributed by atoms with Crippen molar-refractivity contribution in [2.45, 2.75) is 20.8 Å². The van der Waals surface area contributed by atoms with Gasteiger partial charge in [-0.05, 0) is 44.5 Å². The van der Waals surface area contributed by atoms with Gasteiger partial charge in [-0.3, -0.25) is 4.79 Å². The minimum Gasteiger partial charge on any atom is -0.497 e. The molecule has 0 aliphatic rings. The van der Waals surface area contributed by atoms with Crippen molar-refractivity contribution < 1.29 is 23.9 Å². The summed E-state index contributed by atoms with van der Waals surface area (Å²) >= 11 is 0. The van der Waals surface area contributed by atoms with E-state index in [0.29, 0.717) is 11.5 Å². The Labute approximate surface area is 208 Å². The first-order chi connectivity index (χ1) is 16.8. The molecule has 7 nitrogen and oxygen atoms in total. The van der Waals surface area contributed by atoms with Gasteiger partial charge in [0.1, 0.15) is 25.1 Å². The van der Waals surface area contributed by atoms with E-state index in [1.165, 1.54) is 11.1 Å². The monoisotopic (exact) mass is 480 g/mol. The normalized spacial score (nSPS) is 8.97. The molecule has 3 rings (SSSR count). The molecule has 0 saturated carbocycles. The summed E-state index contributed by atoms with van der Waals surface area (Å²) in [7, 11) is 5.06. The van der Waals surface area contributed by atoms with Crippen LogP contribution in [-0.2, 0) is 14.4 Å². The molecule has 188 valence electrons. The van der Waals surface area contributed by atoms with E-state index >= 15 is 0 Å². The first-order valence-electron chi connectivity index (χ1n) is 10.7. The highest BCUT2D eigenvalue weighted by molar-refractivity contribution is 5.95. The maximum absolute atomic E-state index is 12.4. The van der Waals surface area contributed by atoms with Crippen LogP contribution in [0.1, 0.15) is 16.7 Å². The van der Waals surface area contributed by atoms with Gasteiger partial charge in [-0.2, -0.15) is 0 Å². The number of hydrogen-bond donors (Lipinski definition) is 1. The van der Waals surface area contributed by atoms with Crippen LogP contribution in [0, 0.1) is 20.8 Å². The van der Waals surface area contributed by atoms with Crippen molar-refractivity contribution in [3.8, 4) is 11.5 Å². The lowest BCUT2D eigenvalue weighted by molar-refractivity contribution is -0.115. The third-order valence-corrected chi connectivity index (χ3v) is 4.77. The zero-order valence-electron chi connectivity index (χ0n) is 21.5. The predicted molar refractivity (Wildman–Crippen MR) is 143 cm³/mol. The number of likely N-dealkylation sites (N-methyl/N-ethyl adjacent to an activating group) is 1. The Bertz CT molecular complexity index is 1020. The van der Waals surface area contributed by atoms with Crippen molar-refractivity contribution in [2.75, 3.05) is 38.0 Å². The van der Waals surface area contributed by atoms with Gasteiger partial charge in [0.2, 0.25) is 5.91 Å². The maximum Gasteiger partial charge on any atom is 0.243 e. The summed E-state index contributed by atoms with van der Waals surface area (Å²) in [4.78, 5) is 30.2. The molecule has 3 aromatic rings. The SMILES string of the molecule is C=O.C=O.COc1ccc(OC)c(N(C)CC(=O)Nc2ccc(C)cc2C)c1.Cc1ccccc1. The Morgan fingerprint density at radius 3 is 1.94 bits per heavy atom. The molecule has 0 aliphatic heterocycles. The summed E-state index contributed by atoms with van der Waals surface area (Å²) < 4.78 is 10.6. The number of aryl methyl sites for hydroxylation is 3. The Morgan fingerprint density at radius 1 is 0.829 bits per heavy atom. The van der Waals surface area contributed by atoms with Crippen molar-refractivity contribution in [1.82, 2.24) is 0 Å². The summed E-state index contributed by atoms with van der Waals surface area (Å²) in [6.07, 6.45) is 0. The number of nitrogens with one attached hydrogen (secondary N) is 1. The van der Waals surface area contributed by atoms with Crippen molar-refractivity contribution in [3.05, 3.63) is 83.4 Å². The lowest BCUT2D eigenvalue weighted by atomic mass is 10.1. The van der Waals surface area contributed by atoms with E-state index < -0.39 is 0 Å². The van der Waals surface area contributed by atoms with Gasteiger partial charge in [-0.25, -0.2) is 0 Å². The topological polar surface area (TPSA) is 84.9 Å². The first-order valence-corrected chi connectivity index (χ1v) is 10.7. The number of rotatable bonds is 6. The van der Waals surface area contributed by atoms with E-state index in [0.717, 1.165) is 16.9 Å². The molecule has 0 bridgehead atoms. The van der Waals surface area contributed by atoms with E-state index in [2.05, 4.69) is 24.4 Å². The summed E-state index contributed by atoms with van der Waals surface area (Å²) in [5.74, 6) is 1.32. The van der Waals surface area contributed by atoms with Crippen molar-refractivity contribution in [1.29, 1.82) is 0 Å². The highest BCUT2D eigenvalue weighted by Crippen LogP contribution is 2.31. The molecule has 0 fully saturated rings. The number of anilines is 2. The fourth-order valence-corrected chi connectivity index (χ4v) is 3.07. The van der Waals surface area contributed by atoms with E-state index in [9.17, 15) is 4.79 Å². The summed E-state index contributed by atoms with van der Waals surface area (Å²) in [5, 5.41) is 2.95. The highest BCUT2D eigenvalue weighted by atomic mass is 16.5. The zero-order chi connectivity index (χ0) is 26.8. The second-order valence-electron chi connectivity index (χ2n) is 7.42. The first kappa shape index (κ1) is 30.9. The van der Waals surface area contributed by atoms with E-state index in [4.69, 9.17) is 19.1 Å². The third kappa shape index (κ3) is 11.0. The Hall–Kier alpha value is -4.13. The van der Waals surface area contributed by atoms with Gasteiger partial charge in [-0.1, -0.05) is 53.6 Å². The van der Waals surface area contributed by atoms with Gasteiger partial charge in [0.15, 0.2) is 0 Å². The van der Waals surface area contributed by atoms with E-state index in [1.54, 1.807) is 14.2 Å². The number of nitrogens with zero attached hydrogens (tertiary/aromatic N) is 1. The van der Waals surface area contributed by atoms with Crippen LogP contribution in [0.3, 0.4) is 0 Å². The van der Waals surface area contributed by atoms with Gasteiger partial charge >= 0.3 is 0 Å². The molecule has 3 aromatic carbocycles.